The second kappa shape index (κ2) is 13.3. The number of benzene rings is 2. The molecule has 1 heterocycles. The number of amides is 1. The number of likely N-dealkylation sites (tertiary alicyclic amines) is 1. The molecule has 0 spiro atoms. The number of nitrogens with one attached hydrogen (secondary N) is 1. The fourth-order valence-corrected chi connectivity index (χ4v) is 3.79. The van der Waals surface area contributed by atoms with Crippen molar-refractivity contribution in [1.29, 1.82) is 0 Å². The summed E-state index contributed by atoms with van der Waals surface area (Å²) in [6, 6.07) is 14.2. The van der Waals surface area contributed by atoms with E-state index in [1.807, 2.05) is 30.1 Å². The van der Waals surface area contributed by atoms with E-state index in [0.717, 1.165) is 53.7 Å². The molecule has 180 valence electrons. The minimum atomic E-state index is 0. The van der Waals surface area contributed by atoms with E-state index in [4.69, 9.17) is 14.5 Å². The molecule has 1 fully saturated rings. The molecule has 0 bridgehead atoms. The molecular weight excluding hydrogens is 531 g/mol. The fraction of sp³-hybridized carbons (Fsp3) is 0.440. The normalized spacial score (nSPS) is 13.5. The highest BCUT2D eigenvalue weighted by Gasteiger charge is 2.19. The Bertz CT molecular complexity index is 934. The summed E-state index contributed by atoms with van der Waals surface area (Å²) in [7, 11) is 5.33. The van der Waals surface area contributed by atoms with Crippen molar-refractivity contribution in [3.63, 3.8) is 0 Å². The maximum atomic E-state index is 11.8. The van der Waals surface area contributed by atoms with Crippen molar-refractivity contribution in [2.24, 2.45) is 4.99 Å². The maximum Gasteiger partial charge on any atom is 0.222 e. The second-order valence-corrected chi connectivity index (χ2v) is 7.94. The third kappa shape index (κ3) is 7.52. The van der Waals surface area contributed by atoms with Crippen molar-refractivity contribution >= 4 is 35.8 Å². The number of ether oxygens (including phenoxy) is 2. The van der Waals surface area contributed by atoms with Crippen molar-refractivity contribution in [3.8, 4) is 11.5 Å². The zero-order chi connectivity index (χ0) is 22.9. The molecule has 1 aliphatic heterocycles. The average Bonchev–Trinajstić information content (AvgIpc) is 3.21. The highest BCUT2D eigenvalue weighted by molar-refractivity contribution is 14.0. The van der Waals surface area contributed by atoms with Gasteiger partial charge in [0.05, 0.1) is 20.8 Å². The van der Waals surface area contributed by atoms with Crippen molar-refractivity contribution in [1.82, 2.24) is 15.1 Å². The van der Waals surface area contributed by atoms with Crippen LogP contribution in [0, 0.1) is 0 Å². The lowest BCUT2D eigenvalue weighted by atomic mass is 10.1. The maximum absolute atomic E-state index is 11.8. The van der Waals surface area contributed by atoms with Gasteiger partial charge in [-0.2, -0.15) is 0 Å². The monoisotopic (exact) mass is 566 g/mol. The molecule has 1 amide bonds. The first-order valence-corrected chi connectivity index (χ1v) is 11.1. The number of nitrogens with zero attached hydrogens (tertiary/aromatic N) is 3. The van der Waals surface area contributed by atoms with E-state index in [0.29, 0.717) is 26.1 Å². The van der Waals surface area contributed by atoms with Gasteiger partial charge in [0.25, 0.3) is 0 Å². The number of carbonyl (C=O) groups excluding carboxylic acids is 1. The summed E-state index contributed by atoms with van der Waals surface area (Å²) < 4.78 is 10.8. The van der Waals surface area contributed by atoms with Crippen LogP contribution in [0.4, 0.5) is 0 Å². The molecule has 0 atom stereocenters. The lowest BCUT2D eigenvalue weighted by molar-refractivity contribution is -0.128. The topological polar surface area (TPSA) is 66.4 Å². The van der Waals surface area contributed by atoms with Crippen LogP contribution in [0.25, 0.3) is 0 Å². The van der Waals surface area contributed by atoms with Gasteiger partial charge in [-0.05, 0) is 36.6 Å². The van der Waals surface area contributed by atoms with Gasteiger partial charge in [-0.25, -0.2) is 4.99 Å². The Kier molecular flexibility index (Phi) is 10.8. The van der Waals surface area contributed by atoms with Crippen LogP contribution in [0.15, 0.2) is 47.5 Å². The number of hydrogen-bond donors (Lipinski definition) is 1. The Hall–Kier alpha value is -2.49. The molecule has 2 aromatic rings. The Morgan fingerprint density at radius 3 is 2.45 bits per heavy atom. The highest BCUT2D eigenvalue weighted by Crippen LogP contribution is 2.25. The van der Waals surface area contributed by atoms with Crippen LogP contribution in [-0.4, -0.2) is 56.0 Å². The van der Waals surface area contributed by atoms with Crippen LogP contribution in [-0.2, 0) is 24.4 Å². The summed E-state index contributed by atoms with van der Waals surface area (Å²) in [6.07, 6.45) is 1.64. The average molecular weight is 566 g/mol. The number of aliphatic imine (C=N–C) groups is 1. The third-order valence-corrected chi connectivity index (χ3v) is 5.58. The predicted octanol–water partition coefficient (Wildman–Crippen LogP) is 4.04. The molecule has 0 aromatic heterocycles. The van der Waals surface area contributed by atoms with Crippen LogP contribution < -0.4 is 14.8 Å². The molecule has 0 radical (unpaired) electrons. The summed E-state index contributed by atoms with van der Waals surface area (Å²) in [5, 5.41) is 3.36. The minimum Gasteiger partial charge on any atom is -0.497 e. The molecule has 1 N–H and O–H groups in total. The molecule has 8 heteroatoms. The minimum absolute atomic E-state index is 0. The van der Waals surface area contributed by atoms with Gasteiger partial charge in [0, 0.05) is 51.3 Å². The number of carbonyl (C=O) groups is 1. The standard InChI is InChI=1S/C25H34N4O3.HI/c1-5-26-25(28(2)18-21-12-13-22(31-3)15-23(21)32-4)27-16-19-8-10-20(11-9-19)17-29-14-6-7-24(29)30;/h8-13,15H,5-7,14,16-18H2,1-4H3,(H,26,27);1H. The van der Waals surface area contributed by atoms with E-state index in [9.17, 15) is 4.79 Å². The summed E-state index contributed by atoms with van der Waals surface area (Å²) in [4.78, 5) is 20.7. The van der Waals surface area contributed by atoms with Gasteiger partial charge in [-0.1, -0.05) is 24.3 Å². The largest absolute Gasteiger partial charge is 0.497 e. The van der Waals surface area contributed by atoms with E-state index >= 15 is 0 Å². The van der Waals surface area contributed by atoms with Crippen molar-refractivity contribution < 1.29 is 14.3 Å². The van der Waals surface area contributed by atoms with Crippen LogP contribution >= 0.6 is 24.0 Å². The molecular formula is C25H35IN4O3. The number of guanidine groups is 1. The first-order chi connectivity index (χ1) is 15.5. The van der Waals surface area contributed by atoms with Gasteiger partial charge >= 0.3 is 0 Å². The SMILES string of the molecule is CCNC(=NCc1ccc(CN2CCCC2=O)cc1)N(C)Cc1ccc(OC)cc1OC.I. The Morgan fingerprint density at radius 1 is 1.12 bits per heavy atom. The van der Waals surface area contributed by atoms with E-state index in [1.165, 1.54) is 0 Å². The Balaban J connectivity index is 0.00000385. The molecule has 0 aliphatic carbocycles. The van der Waals surface area contributed by atoms with Gasteiger partial charge in [0.1, 0.15) is 11.5 Å². The number of rotatable bonds is 9. The van der Waals surface area contributed by atoms with E-state index in [-0.39, 0.29) is 29.9 Å². The zero-order valence-corrected chi connectivity index (χ0v) is 22.3. The smallest absolute Gasteiger partial charge is 0.222 e. The summed E-state index contributed by atoms with van der Waals surface area (Å²) in [5.74, 6) is 2.65. The van der Waals surface area contributed by atoms with Crippen LogP contribution in [0.1, 0.15) is 36.5 Å². The molecule has 2 aromatic carbocycles. The first kappa shape index (κ1) is 26.8. The van der Waals surface area contributed by atoms with Crippen LogP contribution in [0.2, 0.25) is 0 Å². The zero-order valence-electron chi connectivity index (χ0n) is 20.0. The lowest BCUT2D eigenvalue weighted by Crippen LogP contribution is -2.38. The predicted molar refractivity (Wildman–Crippen MR) is 142 cm³/mol. The number of halogens is 1. The van der Waals surface area contributed by atoms with Crippen molar-refractivity contribution in [2.45, 2.75) is 39.4 Å². The quantitative estimate of drug-likeness (QED) is 0.282. The molecule has 3 rings (SSSR count). The van der Waals surface area contributed by atoms with Gasteiger partial charge in [-0.3, -0.25) is 4.79 Å². The molecule has 33 heavy (non-hydrogen) atoms. The van der Waals surface area contributed by atoms with Crippen LogP contribution in [0.5, 0.6) is 11.5 Å². The summed E-state index contributed by atoms with van der Waals surface area (Å²) in [5.41, 5.74) is 3.35. The Labute approximate surface area is 214 Å². The summed E-state index contributed by atoms with van der Waals surface area (Å²) in [6.45, 7) is 5.63. The molecule has 0 saturated carbocycles. The van der Waals surface area contributed by atoms with Gasteiger partial charge in [-0.15, -0.1) is 24.0 Å². The molecule has 1 aliphatic rings. The fourth-order valence-electron chi connectivity index (χ4n) is 3.79. The first-order valence-electron chi connectivity index (χ1n) is 11.1. The van der Waals surface area contributed by atoms with Crippen LogP contribution in [0.3, 0.4) is 0 Å². The Morgan fingerprint density at radius 2 is 1.85 bits per heavy atom. The lowest BCUT2D eigenvalue weighted by Gasteiger charge is -2.23. The second-order valence-electron chi connectivity index (χ2n) is 7.94. The number of hydrogen-bond acceptors (Lipinski definition) is 4. The third-order valence-electron chi connectivity index (χ3n) is 5.58. The van der Waals surface area contributed by atoms with Gasteiger partial charge in [0.2, 0.25) is 5.91 Å². The molecule has 7 nitrogen and oxygen atoms in total. The van der Waals surface area contributed by atoms with Gasteiger partial charge < -0.3 is 24.6 Å². The molecule has 1 saturated heterocycles. The van der Waals surface area contributed by atoms with Crippen molar-refractivity contribution in [2.75, 3.05) is 34.4 Å². The van der Waals surface area contributed by atoms with E-state index in [2.05, 4.69) is 41.4 Å². The molecule has 0 unspecified atom stereocenters. The van der Waals surface area contributed by atoms with E-state index in [1.54, 1.807) is 14.2 Å². The van der Waals surface area contributed by atoms with Crippen molar-refractivity contribution in [3.05, 3.63) is 59.2 Å². The highest BCUT2D eigenvalue weighted by atomic mass is 127. The van der Waals surface area contributed by atoms with Gasteiger partial charge in [0.15, 0.2) is 5.96 Å². The summed E-state index contributed by atoms with van der Waals surface area (Å²) >= 11 is 0. The van der Waals surface area contributed by atoms with E-state index < -0.39 is 0 Å². The number of methoxy groups -OCH3 is 2.